The molecule has 0 saturated carbocycles. The van der Waals surface area contributed by atoms with Gasteiger partial charge >= 0.3 is 0 Å². The minimum atomic E-state index is 0.339. The first kappa shape index (κ1) is 14.8. The molecule has 1 amide bonds. The van der Waals surface area contributed by atoms with E-state index in [9.17, 15) is 4.79 Å². The predicted molar refractivity (Wildman–Crippen MR) is 78.2 cm³/mol. The topological polar surface area (TPSA) is 35.6 Å². The lowest BCUT2D eigenvalue weighted by Crippen LogP contribution is -2.48. The molecule has 4 heteroatoms. The zero-order valence-electron chi connectivity index (χ0n) is 12.5. The van der Waals surface area contributed by atoms with Gasteiger partial charge in [-0.2, -0.15) is 0 Å². The van der Waals surface area contributed by atoms with Crippen LogP contribution in [-0.4, -0.2) is 60.5 Å². The molecule has 0 aliphatic carbocycles. The Kier molecular flexibility index (Phi) is 5.64. The van der Waals surface area contributed by atoms with Crippen LogP contribution in [0.5, 0.6) is 0 Å². The molecule has 0 aromatic rings. The number of amides is 1. The molecule has 2 heterocycles. The highest BCUT2D eigenvalue weighted by molar-refractivity contribution is 5.78. The van der Waals surface area contributed by atoms with Gasteiger partial charge in [0.2, 0.25) is 5.91 Å². The fraction of sp³-hybridized carbons (Fsp3) is 0.933. The Morgan fingerprint density at radius 1 is 1.32 bits per heavy atom. The van der Waals surface area contributed by atoms with Crippen LogP contribution in [0.15, 0.2) is 0 Å². The minimum absolute atomic E-state index is 0.339. The zero-order chi connectivity index (χ0) is 13.7. The fourth-order valence-corrected chi connectivity index (χ4v) is 3.32. The molecule has 2 aliphatic rings. The van der Waals surface area contributed by atoms with Crippen LogP contribution < -0.4 is 5.32 Å². The summed E-state index contributed by atoms with van der Waals surface area (Å²) in [5, 5.41) is 3.71. The van der Waals surface area contributed by atoms with Crippen LogP contribution in [0.2, 0.25) is 0 Å². The molecule has 110 valence electrons. The number of nitrogens with one attached hydrogen (secondary N) is 1. The molecular weight excluding hydrogens is 238 g/mol. The van der Waals surface area contributed by atoms with Crippen molar-refractivity contribution >= 4 is 5.91 Å². The Bertz CT molecular complexity index is 287. The van der Waals surface area contributed by atoms with E-state index in [-0.39, 0.29) is 0 Å². The van der Waals surface area contributed by atoms with Gasteiger partial charge in [-0.3, -0.25) is 4.79 Å². The molecule has 2 rings (SSSR count). The second-order valence-electron chi connectivity index (χ2n) is 6.13. The largest absolute Gasteiger partial charge is 0.341 e. The lowest BCUT2D eigenvalue weighted by Gasteiger charge is -2.34. The molecule has 1 unspecified atom stereocenters. The van der Waals surface area contributed by atoms with Gasteiger partial charge in [-0.25, -0.2) is 0 Å². The molecule has 2 aliphatic heterocycles. The van der Waals surface area contributed by atoms with Gasteiger partial charge in [0.15, 0.2) is 0 Å². The van der Waals surface area contributed by atoms with Gasteiger partial charge in [0.25, 0.3) is 0 Å². The third-order valence-electron chi connectivity index (χ3n) is 4.31. The van der Waals surface area contributed by atoms with Crippen LogP contribution >= 0.6 is 0 Å². The standard InChI is InChI=1S/C15H29N3O/c1-3-8-17-10-6-14(7-11-17)16-13(2)12-18-9-4-5-15(18)19/h13-14,16H,3-12H2,1-2H3. The first-order valence-corrected chi connectivity index (χ1v) is 7.95. The van der Waals surface area contributed by atoms with Crippen molar-refractivity contribution in [3.8, 4) is 0 Å². The summed E-state index contributed by atoms with van der Waals surface area (Å²) in [5.74, 6) is 0.339. The Balaban J connectivity index is 1.66. The SMILES string of the molecule is CCCN1CCC(NC(C)CN2CCCC2=O)CC1. The van der Waals surface area contributed by atoms with Crippen molar-refractivity contribution in [3.63, 3.8) is 0 Å². The molecule has 0 radical (unpaired) electrons. The third kappa shape index (κ3) is 4.46. The number of hydrogen-bond acceptors (Lipinski definition) is 3. The molecule has 0 bridgehead atoms. The number of rotatable bonds is 6. The Hall–Kier alpha value is -0.610. The van der Waals surface area contributed by atoms with Crippen molar-refractivity contribution in [3.05, 3.63) is 0 Å². The van der Waals surface area contributed by atoms with Crippen LogP contribution in [0.4, 0.5) is 0 Å². The van der Waals surface area contributed by atoms with Gasteiger partial charge in [-0.15, -0.1) is 0 Å². The summed E-state index contributed by atoms with van der Waals surface area (Å²) in [6.07, 6.45) is 5.55. The van der Waals surface area contributed by atoms with Crippen molar-refractivity contribution in [2.45, 2.75) is 58.0 Å². The lowest BCUT2D eigenvalue weighted by molar-refractivity contribution is -0.128. The molecule has 0 spiro atoms. The van der Waals surface area contributed by atoms with E-state index in [1.54, 1.807) is 0 Å². The average Bonchev–Trinajstić information content (AvgIpc) is 2.78. The van der Waals surface area contributed by atoms with E-state index in [4.69, 9.17) is 0 Å². The minimum Gasteiger partial charge on any atom is -0.341 e. The van der Waals surface area contributed by atoms with E-state index in [0.717, 1.165) is 25.9 Å². The second kappa shape index (κ2) is 7.25. The zero-order valence-corrected chi connectivity index (χ0v) is 12.5. The lowest BCUT2D eigenvalue weighted by atomic mass is 10.0. The Morgan fingerprint density at radius 3 is 2.63 bits per heavy atom. The summed E-state index contributed by atoms with van der Waals surface area (Å²) in [6, 6.07) is 1.06. The number of piperidine rings is 1. The molecule has 19 heavy (non-hydrogen) atoms. The van der Waals surface area contributed by atoms with Crippen molar-refractivity contribution in [1.29, 1.82) is 0 Å². The monoisotopic (exact) mass is 267 g/mol. The summed E-state index contributed by atoms with van der Waals surface area (Å²) < 4.78 is 0. The maximum Gasteiger partial charge on any atom is 0.222 e. The number of carbonyl (C=O) groups excluding carboxylic acids is 1. The number of likely N-dealkylation sites (tertiary alicyclic amines) is 2. The smallest absolute Gasteiger partial charge is 0.222 e. The summed E-state index contributed by atoms with van der Waals surface area (Å²) in [4.78, 5) is 16.2. The summed E-state index contributed by atoms with van der Waals surface area (Å²) in [7, 11) is 0. The van der Waals surface area contributed by atoms with Gasteiger partial charge in [-0.1, -0.05) is 6.92 Å². The maximum absolute atomic E-state index is 11.6. The highest BCUT2D eigenvalue weighted by Crippen LogP contribution is 2.13. The van der Waals surface area contributed by atoms with Crippen LogP contribution in [0.25, 0.3) is 0 Å². The van der Waals surface area contributed by atoms with Gasteiger partial charge in [0, 0.05) is 31.6 Å². The molecule has 2 saturated heterocycles. The summed E-state index contributed by atoms with van der Waals surface area (Å²) >= 11 is 0. The van der Waals surface area contributed by atoms with E-state index in [0.29, 0.717) is 18.0 Å². The van der Waals surface area contributed by atoms with Gasteiger partial charge in [-0.05, 0) is 52.2 Å². The van der Waals surface area contributed by atoms with E-state index >= 15 is 0 Å². The van der Waals surface area contributed by atoms with Gasteiger partial charge in [0.05, 0.1) is 0 Å². The molecule has 0 aromatic carbocycles. The highest BCUT2D eigenvalue weighted by Gasteiger charge is 2.24. The molecule has 2 fully saturated rings. The normalized spacial score (nSPS) is 24.1. The van der Waals surface area contributed by atoms with Crippen LogP contribution in [0.3, 0.4) is 0 Å². The Labute approximate surface area is 117 Å². The average molecular weight is 267 g/mol. The second-order valence-corrected chi connectivity index (χ2v) is 6.13. The van der Waals surface area contributed by atoms with Gasteiger partial charge < -0.3 is 15.1 Å². The highest BCUT2D eigenvalue weighted by atomic mass is 16.2. The van der Waals surface area contributed by atoms with E-state index in [1.807, 2.05) is 4.90 Å². The van der Waals surface area contributed by atoms with Crippen LogP contribution in [-0.2, 0) is 4.79 Å². The first-order valence-electron chi connectivity index (χ1n) is 7.95. The predicted octanol–water partition coefficient (Wildman–Crippen LogP) is 1.46. The van der Waals surface area contributed by atoms with Crippen molar-refractivity contribution in [2.24, 2.45) is 0 Å². The molecule has 1 N–H and O–H groups in total. The first-order chi connectivity index (χ1) is 9.19. The van der Waals surface area contributed by atoms with E-state index in [2.05, 4.69) is 24.1 Å². The van der Waals surface area contributed by atoms with Crippen LogP contribution in [0, 0.1) is 0 Å². The van der Waals surface area contributed by atoms with Gasteiger partial charge in [0.1, 0.15) is 0 Å². The Morgan fingerprint density at radius 2 is 2.05 bits per heavy atom. The third-order valence-corrected chi connectivity index (χ3v) is 4.31. The molecule has 4 nitrogen and oxygen atoms in total. The molecule has 1 atom stereocenters. The molecule has 0 aromatic heterocycles. The quantitative estimate of drug-likeness (QED) is 0.791. The summed E-state index contributed by atoms with van der Waals surface area (Å²) in [5.41, 5.74) is 0. The number of carbonyl (C=O) groups is 1. The van der Waals surface area contributed by atoms with Crippen molar-refractivity contribution in [1.82, 2.24) is 15.1 Å². The van der Waals surface area contributed by atoms with Crippen molar-refractivity contribution in [2.75, 3.05) is 32.7 Å². The molecular formula is C15H29N3O. The fourth-order valence-electron chi connectivity index (χ4n) is 3.32. The summed E-state index contributed by atoms with van der Waals surface area (Å²) in [6.45, 7) is 9.99. The maximum atomic E-state index is 11.6. The van der Waals surface area contributed by atoms with E-state index < -0.39 is 0 Å². The number of nitrogens with zero attached hydrogens (tertiary/aromatic N) is 2. The van der Waals surface area contributed by atoms with Crippen LogP contribution in [0.1, 0.15) is 46.0 Å². The van der Waals surface area contributed by atoms with E-state index in [1.165, 1.54) is 38.9 Å². The number of hydrogen-bond donors (Lipinski definition) is 1. The van der Waals surface area contributed by atoms with Crippen molar-refractivity contribution < 1.29 is 4.79 Å².